The van der Waals surface area contributed by atoms with E-state index in [2.05, 4.69) is 31.1 Å². The number of rotatable bonds is 6. The Hall–Kier alpha value is -2.31. The SMILES string of the molecule is CCOC(=O)c1c(C)[nH]c(C(=O)OCC(=O)N[C@H]2C[C@H]3CC[C@@]2(C)C3(C)C)c1C. The maximum atomic E-state index is 12.5. The molecule has 1 aromatic rings. The van der Waals surface area contributed by atoms with E-state index >= 15 is 0 Å². The molecule has 1 aromatic heterocycles. The molecule has 0 aliphatic heterocycles. The van der Waals surface area contributed by atoms with E-state index in [9.17, 15) is 14.4 Å². The van der Waals surface area contributed by atoms with Gasteiger partial charge >= 0.3 is 11.9 Å². The highest BCUT2D eigenvalue weighted by molar-refractivity contribution is 5.99. The number of carbonyl (C=O) groups excluding carboxylic acids is 3. The third-order valence-corrected chi connectivity index (χ3v) is 7.58. The van der Waals surface area contributed by atoms with Crippen molar-refractivity contribution in [2.45, 2.75) is 66.8 Å². The predicted octanol–water partition coefficient (Wildman–Crippen LogP) is 3.30. The summed E-state index contributed by atoms with van der Waals surface area (Å²) in [6.07, 6.45) is 3.28. The van der Waals surface area contributed by atoms with Crippen LogP contribution in [0.2, 0.25) is 0 Å². The van der Waals surface area contributed by atoms with Crippen LogP contribution in [0.5, 0.6) is 0 Å². The molecule has 29 heavy (non-hydrogen) atoms. The van der Waals surface area contributed by atoms with Crippen molar-refractivity contribution >= 4 is 17.8 Å². The van der Waals surface area contributed by atoms with Crippen LogP contribution in [0, 0.1) is 30.6 Å². The average Bonchev–Trinajstić information content (AvgIpc) is 3.13. The summed E-state index contributed by atoms with van der Waals surface area (Å²) in [6.45, 7) is 11.8. The lowest BCUT2D eigenvalue weighted by Gasteiger charge is -2.39. The summed E-state index contributed by atoms with van der Waals surface area (Å²) in [5, 5.41) is 3.08. The summed E-state index contributed by atoms with van der Waals surface area (Å²) in [6, 6.07) is 0.104. The normalized spacial score (nSPS) is 27.0. The minimum Gasteiger partial charge on any atom is -0.462 e. The van der Waals surface area contributed by atoms with Crippen molar-refractivity contribution in [3.8, 4) is 0 Å². The molecular weight excluding hydrogens is 372 g/mol. The fraction of sp³-hybridized carbons (Fsp3) is 0.682. The van der Waals surface area contributed by atoms with Crippen molar-refractivity contribution in [3.63, 3.8) is 0 Å². The first kappa shape index (κ1) is 21.4. The fourth-order valence-corrected chi connectivity index (χ4v) is 5.32. The molecule has 7 nitrogen and oxygen atoms in total. The summed E-state index contributed by atoms with van der Waals surface area (Å²) in [5.41, 5.74) is 1.78. The van der Waals surface area contributed by atoms with Crippen LogP contribution >= 0.6 is 0 Å². The molecule has 2 fully saturated rings. The zero-order chi connectivity index (χ0) is 21.6. The molecule has 2 bridgehead atoms. The smallest absolute Gasteiger partial charge is 0.355 e. The molecule has 7 heteroatoms. The Bertz CT molecular complexity index is 841. The lowest BCUT2D eigenvalue weighted by atomic mass is 9.69. The zero-order valence-corrected chi connectivity index (χ0v) is 18.2. The predicted molar refractivity (Wildman–Crippen MR) is 108 cm³/mol. The standard InChI is InChI=1S/C22H32N2O5/c1-7-28-19(26)17-12(2)18(23-13(17)3)20(27)29-11-16(25)24-15-10-14-8-9-22(15,6)21(14,4)5/h14-15,23H,7-11H2,1-6H3,(H,24,25)/t14-,15+,22-/m1/s1. The van der Waals surface area contributed by atoms with Gasteiger partial charge in [0.2, 0.25) is 0 Å². The molecule has 0 spiro atoms. The fourth-order valence-electron chi connectivity index (χ4n) is 5.32. The molecule has 3 atom stereocenters. The van der Waals surface area contributed by atoms with Crippen LogP contribution in [-0.4, -0.2) is 42.1 Å². The topological polar surface area (TPSA) is 97.5 Å². The second kappa shape index (κ2) is 7.50. The molecule has 2 N–H and O–H groups in total. The van der Waals surface area contributed by atoms with Gasteiger partial charge in [0.05, 0.1) is 12.2 Å². The summed E-state index contributed by atoms with van der Waals surface area (Å²) in [5.74, 6) is -0.816. The van der Waals surface area contributed by atoms with E-state index in [-0.39, 0.29) is 41.7 Å². The van der Waals surface area contributed by atoms with Gasteiger partial charge in [-0.15, -0.1) is 0 Å². The Morgan fingerprint density at radius 2 is 1.83 bits per heavy atom. The molecule has 0 aromatic carbocycles. The molecule has 0 saturated heterocycles. The van der Waals surface area contributed by atoms with Crippen LogP contribution in [0.15, 0.2) is 0 Å². The molecular formula is C22H32N2O5. The lowest BCUT2D eigenvalue weighted by molar-refractivity contribution is -0.126. The Kier molecular flexibility index (Phi) is 5.54. The van der Waals surface area contributed by atoms with Gasteiger partial charge in [-0.1, -0.05) is 20.8 Å². The van der Waals surface area contributed by atoms with Gasteiger partial charge in [-0.05, 0) is 62.3 Å². The molecule has 2 saturated carbocycles. The number of carbonyl (C=O) groups is 3. The van der Waals surface area contributed by atoms with Crippen LogP contribution in [0.1, 0.15) is 79.1 Å². The Balaban J connectivity index is 1.60. The summed E-state index contributed by atoms with van der Waals surface area (Å²) in [7, 11) is 0. The third-order valence-electron chi connectivity index (χ3n) is 7.58. The van der Waals surface area contributed by atoms with Crippen molar-refractivity contribution < 1.29 is 23.9 Å². The first-order valence-electron chi connectivity index (χ1n) is 10.4. The van der Waals surface area contributed by atoms with Gasteiger partial charge in [-0.25, -0.2) is 9.59 Å². The average molecular weight is 405 g/mol. The van der Waals surface area contributed by atoms with E-state index in [4.69, 9.17) is 9.47 Å². The molecule has 0 unspecified atom stereocenters. The number of amides is 1. The largest absolute Gasteiger partial charge is 0.462 e. The minimum absolute atomic E-state index is 0.0685. The van der Waals surface area contributed by atoms with E-state index in [0.29, 0.717) is 22.7 Å². The van der Waals surface area contributed by atoms with E-state index in [1.807, 2.05) is 0 Å². The lowest BCUT2D eigenvalue weighted by Crippen LogP contribution is -2.48. The third kappa shape index (κ3) is 3.45. The highest BCUT2D eigenvalue weighted by Gasteiger charge is 2.61. The van der Waals surface area contributed by atoms with Gasteiger partial charge in [-0.2, -0.15) is 0 Å². The van der Waals surface area contributed by atoms with Gasteiger partial charge in [0.1, 0.15) is 5.69 Å². The number of esters is 2. The monoisotopic (exact) mass is 404 g/mol. The summed E-state index contributed by atoms with van der Waals surface area (Å²) >= 11 is 0. The number of H-pyrrole nitrogens is 1. The second-order valence-corrected chi connectivity index (χ2v) is 9.15. The number of ether oxygens (including phenoxy) is 2. The highest BCUT2D eigenvalue weighted by atomic mass is 16.5. The first-order valence-corrected chi connectivity index (χ1v) is 10.4. The Morgan fingerprint density at radius 1 is 1.14 bits per heavy atom. The van der Waals surface area contributed by atoms with Gasteiger partial charge in [0, 0.05) is 11.7 Å². The maximum Gasteiger partial charge on any atom is 0.355 e. The van der Waals surface area contributed by atoms with Gasteiger partial charge in [0.15, 0.2) is 6.61 Å². The molecule has 2 aliphatic carbocycles. The van der Waals surface area contributed by atoms with E-state index < -0.39 is 11.9 Å². The maximum absolute atomic E-state index is 12.5. The molecule has 1 amide bonds. The number of hydrogen-bond acceptors (Lipinski definition) is 5. The molecule has 2 aliphatic rings. The summed E-state index contributed by atoms with van der Waals surface area (Å²) in [4.78, 5) is 39.9. The van der Waals surface area contributed by atoms with Gasteiger partial charge < -0.3 is 19.8 Å². The Labute approximate surface area is 171 Å². The number of aryl methyl sites for hydroxylation is 1. The molecule has 160 valence electrons. The Morgan fingerprint density at radius 3 is 2.38 bits per heavy atom. The zero-order valence-electron chi connectivity index (χ0n) is 18.2. The number of hydrogen-bond donors (Lipinski definition) is 2. The van der Waals surface area contributed by atoms with Crippen LogP contribution in [-0.2, 0) is 14.3 Å². The van der Waals surface area contributed by atoms with Crippen molar-refractivity contribution in [1.29, 1.82) is 0 Å². The minimum atomic E-state index is -0.657. The quantitative estimate of drug-likeness (QED) is 0.709. The van der Waals surface area contributed by atoms with Gasteiger partial charge in [0.25, 0.3) is 5.91 Å². The molecule has 0 radical (unpaired) electrons. The van der Waals surface area contributed by atoms with Crippen LogP contribution in [0.3, 0.4) is 0 Å². The number of fused-ring (bicyclic) bond motifs is 2. The van der Waals surface area contributed by atoms with E-state index in [1.165, 1.54) is 6.42 Å². The second-order valence-electron chi connectivity index (χ2n) is 9.15. The highest BCUT2D eigenvalue weighted by Crippen LogP contribution is 2.65. The molecule has 1 heterocycles. The first-order chi connectivity index (χ1) is 13.5. The van der Waals surface area contributed by atoms with Crippen molar-refractivity contribution in [1.82, 2.24) is 10.3 Å². The van der Waals surface area contributed by atoms with Crippen molar-refractivity contribution in [2.24, 2.45) is 16.7 Å². The molecule has 3 rings (SSSR count). The number of aromatic nitrogens is 1. The van der Waals surface area contributed by atoms with Crippen molar-refractivity contribution in [3.05, 3.63) is 22.5 Å². The van der Waals surface area contributed by atoms with Crippen molar-refractivity contribution in [2.75, 3.05) is 13.2 Å². The summed E-state index contributed by atoms with van der Waals surface area (Å²) < 4.78 is 10.3. The van der Waals surface area contributed by atoms with Crippen LogP contribution in [0.25, 0.3) is 0 Å². The van der Waals surface area contributed by atoms with E-state index in [1.54, 1.807) is 20.8 Å². The van der Waals surface area contributed by atoms with Gasteiger partial charge in [-0.3, -0.25) is 4.79 Å². The number of nitrogens with one attached hydrogen (secondary N) is 2. The van der Waals surface area contributed by atoms with Crippen LogP contribution < -0.4 is 5.32 Å². The van der Waals surface area contributed by atoms with E-state index in [0.717, 1.165) is 12.8 Å². The number of aromatic amines is 1. The van der Waals surface area contributed by atoms with Crippen LogP contribution in [0.4, 0.5) is 0 Å².